The highest BCUT2D eigenvalue weighted by Crippen LogP contribution is 2.15. The molecule has 2 N–H and O–H groups in total. The van der Waals surface area contributed by atoms with Gasteiger partial charge in [-0.2, -0.15) is 0 Å². The molecule has 3 aromatic rings. The van der Waals surface area contributed by atoms with E-state index in [9.17, 15) is 14.7 Å². The lowest BCUT2D eigenvalue weighted by Crippen LogP contribution is -2.42. The van der Waals surface area contributed by atoms with Crippen molar-refractivity contribution in [2.45, 2.75) is 26.3 Å². The summed E-state index contributed by atoms with van der Waals surface area (Å²) in [6.45, 7) is 3.66. The summed E-state index contributed by atoms with van der Waals surface area (Å²) in [5, 5.41) is 12.1. The molecule has 2 aromatic heterocycles. The van der Waals surface area contributed by atoms with Crippen molar-refractivity contribution in [2.24, 2.45) is 0 Å². The number of aromatic nitrogens is 2. The fourth-order valence-electron chi connectivity index (χ4n) is 2.87. The van der Waals surface area contributed by atoms with E-state index in [-0.39, 0.29) is 6.42 Å². The number of benzene rings is 1. The van der Waals surface area contributed by atoms with Crippen molar-refractivity contribution >= 4 is 17.5 Å². The molecule has 0 aliphatic carbocycles. The fraction of sp³-hybridized carbons (Fsp3) is 0.211. The van der Waals surface area contributed by atoms with E-state index in [0.717, 1.165) is 11.1 Å². The Labute approximate surface area is 145 Å². The third kappa shape index (κ3) is 3.38. The van der Waals surface area contributed by atoms with Crippen molar-refractivity contribution in [3.8, 4) is 0 Å². The first kappa shape index (κ1) is 16.7. The van der Waals surface area contributed by atoms with Gasteiger partial charge < -0.3 is 10.4 Å². The number of imidazole rings is 1. The minimum absolute atomic E-state index is 0.219. The summed E-state index contributed by atoms with van der Waals surface area (Å²) in [7, 11) is 0. The number of pyridine rings is 1. The zero-order valence-electron chi connectivity index (χ0n) is 14.1. The van der Waals surface area contributed by atoms with Crippen LogP contribution < -0.4 is 5.32 Å². The Morgan fingerprint density at radius 2 is 1.88 bits per heavy atom. The molecule has 1 aromatic carbocycles. The summed E-state index contributed by atoms with van der Waals surface area (Å²) in [5.41, 5.74) is 3.42. The number of aliphatic carboxylic acids is 1. The monoisotopic (exact) mass is 337 g/mol. The van der Waals surface area contributed by atoms with Crippen LogP contribution in [0.4, 0.5) is 0 Å². The smallest absolute Gasteiger partial charge is 0.326 e. The highest BCUT2D eigenvalue weighted by Gasteiger charge is 2.24. The molecule has 0 fully saturated rings. The first-order chi connectivity index (χ1) is 12.0. The maximum Gasteiger partial charge on any atom is 0.326 e. The zero-order chi connectivity index (χ0) is 18.0. The Kier molecular flexibility index (Phi) is 4.52. The van der Waals surface area contributed by atoms with Crippen LogP contribution in [0.25, 0.3) is 5.65 Å². The summed E-state index contributed by atoms with van der Waals surface area (Å²) in [6, 6.07) is 12.0. The van der Waals surface area contributed by atoms with E-state index in [2.05, 4.69) is 10.3 Å². The number of hydrogen-bond donors (Lipinski definition) is 2. The maximum atomic E-state index is 12.7. The quantitative estimate of drug-likeness (QED) is 0.749. The molecule has 1 atom stereocenters. The SMILES string of the molecule is Cc1nc2c(C)cccn2c1C(=O)NC(Cc1ccccc1)C(=O)O. The van der Waals surface area contributed by atoms with E-state index in [1.54, 1.807) is 17.5 Å². The average molecular weight is 337 g/mol. The molecule has 0 saturated carbocycles. The van der Waals surface area contributed by atoms with Crippen LogP contribution in [-0.2, 0) is 11.2 Å². The number of amides is 1. The Morgan fingerprint density at radius 1 is 1.16 bits per heavy atom. The number of hydrogen-bond acceptors (Lipinski definition) is 3. The summed E-state index contributed by atoms with van der Waals surface area (Å²) < 4.78 is 1.70. The Balaban J connectivity index is 1.88. The van der Waals surface area contributed by atoms with Gasteiger partial charge in [0, 0.05) is 12.6 Å². The lowest BCUT2D eigenvalue weighted by atomic mass is 10.1. The van der Waals surface area contributed by atoms with Crippen LogP contribution in [0.2, 0.25) is 0 Å². The van der Waals surface area contributed by atoms with Gasteiger partial charge in [0.05, 0.1) is 5.69 Å². The van der Waals surface area contributed by atoms with Gasteiger partial charge in [0.15, 0.2) is 0 Å². The van der Waals surface area contributed by atoms with Gasteiger partial charge in [-0.05, 0) is 31.0 Å². The second kappa shape index (κ2) is 6.76. The number of carbonyl (C=O) groups excluding carboxylic acids is 1. The number of nitrogens with one attached hydrogen (secondary N) is 1. The first-order valence-corrected chi connectivity index (χ1v) is 7.99. The normalized spacial score (nSPS) is 12.1. The molecule has 1 unspecified atom stereocenters. The lowest BCUT2D eigenvalue weighted by molar-refractivity contribution is -0.139. The van der Waals surface area contributed by atoms with Gasteiger partial charge >= 0.3 is 5.97 Å². The van der Waals surface area contributed by atoms with Crippen LogP contribution in [0.1, 0.15) is 27.3 Å². The molecule has 3 rings (SSSR count). The molecule has 2 heterocycles. The molecular weight excluding hydrogens is 318 g/mol. The molecule has 0 radical (unpaired) electrons. The molecule has 0 aliphatic rings. The van der Waals surface area contributed by atoms with Crippen molar-refractivity contribution in [2.75, 3.05) is 0 Å². The van der Waals surface area contributed by atoms with Gasteiger partial charge in [-0.3, -0.25) is 9.20 Å². The summed E-state index contributed by atoms with van der Waals surface area (Å²) >= 11 is 0. The first-order valence-electron chi connectivity index (χ1n) is 7.99. The van der Waals surface area contributed by atoms with Crippen molar-refractivity contribution in [3.63, 3.8) is 0 Å². The highest BCUT2D eigenvalue weighted by molar-refractivity contribution is 5.97. The fourth-order valence-corrected chi connectivity index (χ4v) is 2.87. The highest BCUT2D eigenvalue weighted by atomic mass is 16.4. The number of carboxylic acids is 1. The van der Waals surface area contributed by atoms with Gasteiger partial charge in [-0.15, -0.1) is 0 Å². The standard InChI is InChI=1S/C19H19N3O3/c1-12-7-6-10-22-16(13(2)20-17(12)22)18(23)21-15(19(24)25)11-14-8-4-3-5-9-14/h3-10,15H,11H2,1-2H3,(H,21,23)(H,24,25). The Hall–Kier alpha value is -3.15. The topological polar surface area (TPSA) is 83.7 Å². The minimum atomic E-state index is -1.07. The van der Waals surface area contributed by atoms with E-state index in [1.165, 1.54) is 0 Å². The van der Waals surface area contributed by atoms with Crippen LogP contribution in [0.5, 0.6) is 0 Å². The molecule has 6 heteroatoms. The average Bonchev–Trinajstić information content (AvgIpc) is 2.92. The second-order valence-electron chi connectivity index (χ2n) is 5.98. The third-order valence-corrected chi connectivity index (χ3v) is 4.12. The molecule has 1 amide bonds. The van der Waals surface area contributed by atoms with Crippen molar-refractivity contribution in [1.29, 1.82) is 0 Å². The van der Waals surface area contributed by atoms with E-state index in [1.807, 2.05) is 49.4 Å². The lowest BCUT2D eigenvalue weighted by Gasteiger charge is -2.15. The van der Waals surface area contributed by atoms with Crippen molar-refractivity contribution in [1.82, 2.24) is 14.7 Å². The molecule has 0 spiro atoms. The number of fused-ring (bicyclic) bond motifs is 1. The van der Waals surface area contributed by atoms with Gasteiger partial charge in [0.1, 0.15) is 17.4 Å². The van der Waals surface area contributed by atoms with E-state index >= 15 is 0 Å². The molecule has 0 bridgehead atoms. The van der Waals surface area contributed by atoms with Crippen molar-refractivity contribution in [3.05, 3.63) is 71.2 Å². The predicted octanol–water partition coefficient (Wildman–Crippen LogP) is 2.38. The van der Waals surface area contributed by atoms with Gasteiger partial charge in [0.2, 0.25) is 0 Å². The maximum absolute atomic E-state index is 12.7. The third-order valence-electron chi connectivity index (χ3n) is 4.12. The molecule has 0 aliphatic heterocycles. The predicted molar refractivity (Wildman–Crippen MR) is 93.7 cm³/mol. The summed E-state index contributed by atoms with van der Waals surface area (Å²) in [4.78, 5) is 28.7. The number of nitrogens with zero attached hydrogens (tertiary/aromatic N) is 2. The van der Waals surface area contributed by atoms with E-state index in [0.29, 0.717) is 17.0 Å². The van der Waals surface area contributed by atoms with Gasteiger partial charge in [0.25, 0.3) is 5.91 Å². The Morgan fingerprint density at radius 3 is 2.56 bits per heavy atom. The number of carbonyl (C=O) groups is 2. The molecule has 128 valence electrons. The molecule has 25 heavy (non-hydrogen) atoms. The van der Waals surface area contributed by atoms with Crippen LogP contribution in [0.3, 0.4) is 0 Å². The minimum Gasteiger partial charge on any atom is -0.480 e. The number of aryl methyl sites for hydroxylation is 2. The largest absolute Gasteiger partial charge is 0.480 e. The van der Waals surface area contributed by atoms with Crippen LogP contribution in [-0.4, -0.2) is 32.4 Å². The zero-order valence-corrected chi connectivity index (χ0v) is 14.1. The van der Waals surface area contributed by atoms with Crippen molar-refractivity contribution < 1.29 is 14.7 Å². The second-order valence-corrected chi connectivity index (χ2v) is 5.98. The Bertz CT molecular complexity index is 932. The van der Waals surface area contributed by atoms with Crippen LogP contribution >= 0.6 is 0 Å². The molecule has 6 nitrogen and oxygen atoms in total. The molecular formula is C19H19N3O3. The van der Waals surface area contributed by atoms with E-state index in [4.69, 9.17) is 0 Å². The summed E-state index contributed by atoms with van der Waals surface area (Å²) in [5.74, 6) is -1.52. The van der Waals surface area contributed by atoms with Gasteiger partial charge in [-0.25, -0.2) is 9.78 Å². The number of rotatable bonds is 5. The van der Waals surface area contributed by atoms with Crippen LogP contribution in [0.15, 0.2) is 48.7 Å². The number of carboxylic acid groups (broad SMARTS) is 1. The van der Waals surface area contributed by atoms with Crippen LogP contribution in [0, 0.1) is 13.8 Å². The molecule has 0 saturated heterocycles. The van der Waals surface area contributed by atoms with Gasteiger partial charge in [-0.1, -0.05) is 36.4 Å². The van der Waals surface area contributed by atoms with E-state index < -0.39 is 17.9 Å². The summed E-state index contributed by atoms with van der Waals surface area (Å²) in [6.07, 6.45) is 1.97.